The third-order valence-corrected chi connectivity index (χ3v) is 6.67. The van der Waals surface area contributed by atoms with Gasteiger partial charge in [0.25, 0.3) is 5.91 Å². The quantitative estimate of drug-likeness (QED) is 0.561. The van der Waals surface area contributed by atoms with E-state index in [-0.39, 0.29) is 18.5 Å². The molecule has 5 nitrogen and oxygen atoms in total. The summed E-state index contributed by atoms with van der Waals surface area (Å²) < 4.78 is 10.9. The zero-order valence-corrected chi connectivity index (χ0v) is 18.9. The number of aryl methyl sites for hydroxylation is 1. The molecule has 1 saturated carbocycles. The highest BCUT2D eigenvalue weighted by atomic mass is 16.7. The van der Waals surface area contributed by atoms with Gasteiger partial charge in [-0.05, 0) is 78.8 Å². The van der Waals surface area contributed by atoms with Crippen LogP contribution in [0.5, 0.6) is 11.5 Å². The van der Waals surface area contributed by atoms with E-state index >= 15 is 0 Å². The van der Waals surface area contributed by atoms with Crippen LogP contribution in [-0.4, -0.2) is 25.0 Å². The highest BCUT2D eigenvalue weighted by Gasteiger charge is 2.50. The van der Waals surface area contributed by atoms with E-state index in [0.717, 1.165) is 52.2 Å². The average Bonchev–Trinajstić information content (AvgIpc) is 3.51. The fourth-order valence-corrected chi connectivity index (χ4v) is 4.56. The van der Waals surface area contributed by atoms with Gasteiger partial charge in [0, 0.05) is 18.5 Å². The minimum absolute atomic E-state index is 0.0710. The Kier molecular flexibility index (Phi) is 5.41. The van der Waals surface area contributed by atoms with Gasteiger partial charge in [-0.2, -0.15) is 0 Å². The second-order valence-electron chi connectivity index (χ2n) is 8.84. The van der Waals surface area contributed by atoms with Crippen LogP contribution in [0, 0.1) is 6.92 Å². The predicted molar refractivity (Wildman–Crippen MR) is 127 cm³/mol. The molecule has 1 fully saturated rings. The summed E-state index contributed by atoms with van der Waals surface area (Å²) in [5, 5.41) is 2.82. The molecule has 1 aliphatic heterocycles. The van der Waals surface area contributed by atoms with Crippen LogP contribution in [0.25, 0.3) is 11.1 Å². The molecule has 3 aromatic carbocycles. The van der Waals surface area contributed by atoms with Crippen molar-refractivity contribution in [1.29, 1.82) is 0 Å². The second kappa shape index (κ2) is 8.39. The van der Waals surface area contributed by atoms with Crippen molar-refractivity contribution in [2.45, 2.75) is 38.5 Å². The summed E-state index contributed by atoms with van der Waals surface area (Å²) in [5.74, 6) is 1.63. The number of ketones is 1. The molecule has 0 unspecified atom stereocenters. The Morgan fingerprint density at radius 1 is 0.939 bits per heavy atom. The van der Waals surface area contributed by atoms with Crippen molar-refractivity contribution in [3.63, 3.8) is 0 Å². The molecule has 0 spiro atoms. The van der Waals surface area contributed by atoms with E-state index in [1.54, 1.807) is 0 Å². The Morgan fingerprint density at radius 3 is 2.42 bits per heavy atom. The van der Waals surface area contributed by atoms with Crippen LogP contribution in [0.3, 0.4) is 0 Å². The topological polar surface area (TPSA) is 64.6 Å². The minimum Gasteiger partial charge on any atom is -0.454 e. The maximum atomic E-state index is 13.4. The number of nitrogens with one attached hydrogen (secondary N) is 1. The molecule has 5 rings (SSSR count). The molecule has 33 heavy (non-hydrogen) atoms. The zero-order valence-electron chi connectivity index (χ0n) is 18.9. The van der Waals surface area contributed by atoms with Gasteiger partial charge in [0.1, 0.15) is 5.78 Å². The number of carbonyl (C=O) groups excluding carboxylic acids is 2. The molecule has 0 atom stereocenters. The Hall–Kier alpha value is -3.60. The van der Waals surface area contributed by atoms with E-state index in [9.17, 15) is 9.59 Å². The Balaban J connectivity index is 1.36. The van der Waals surface area contributed by atoms with Gasteiger partial charge in [-0.1, -0.05) is 36.4 Å². The van der Waals surface area contributed by atoms with Crippen LogP contribution in [0.15, 0.2) is 60.7 Å². The number of fused-ring (bicyclic) bond motifs is 1. The fraction of sp³-hybridized carbons (Fsp3) is 0.286. The summed E-state index contributed by atoms with van der Waals surface area (Å²) in [7, 11) is 0. The second-order valence-corrected chi connectivity index (χ2v) is 8.84. The van der Waals surface area contributed by atoms with Crippen LogP contribution in [0.1, 0.15) is 46.8 Å². The molecule has 2 aliphatic rings. The molecule has 0 aromatic heterocycles. The van der Waals surface area contributed by atoms with Crippen molar-refractivity contribution >= 4 is 11.7 Å². The maximum Gasteiger partial charge on any atom is 0.251 e. The van der Waals surface area contributed by atoms with Crippen molar-refractivity contribution < 1.29 is 19.1 Å². The van der Waals surface area contributed by atoms with E-state index < -0.39 is 5.41 Å². The van der Waals surface area contributed by atoms with Gasteiger partial charge >= 0.3 is 0 Å². The Morgan fingerprint density at radius 2 is 1.70 bits per heavy atom. The molecule has 1 N–H and O–H groups in total. The molecule has 3 aromatic rings. The molecule has 0 bridgehead atoms. The molecule has 5 heteroatoms. The summed E-state index contributed by atoms with van der Waals surface area (Å²) in [6.45, 7) is 4.80. The first-order valence-corrected chi connectivity index (χ1v) is 11.4. The van der Waals surface area contributed by atoms with Gasteiger partial charge in [-0.15, -0.1) is 0 Å². The van der Waals surface area contributed by atoms with E-state index in [4.69, 9.17) is 9.47 Å². The van der Waals surface area contributed by atoms with Gasteiger partial charge < -0.3 is 14.8 Å². The lowest BCUT2D eigenvalue weighted by Gasteiger charge is -2.16. The van der Waals surface area contributed by atoms with Crippen molar-refractivity contribution in [2.24, 2.45) is 0 Å². The lowest BCUT2D eigenvalue weighted by atomic mass is 9.87. The maximum absolute atomic E-state index is 13.4. The largest absolute Gasteiger partial charge is 0.454 e. The van der Waals surface area contributed by atoms with E-state index in [1.165, 1.54) is 0 Å². The molecule has 168 valence electrons. The van der Waals surface area contributed by atoms with Gasteiger partial charge in [0.2, 0.25) is 6.79 Å². The van der Waals surface area contributed by atoms with Crippen molar-refractivity contribution in [3.8, 4) is 22.6 Å². The smallest absolute Gasteiger partial charge is 0.251 e. The van der Waals surface area contributed by atoms with E-state index in [1.807, 2.05) is 55.5 Å². The minimum atomic E-state index is -0.416. The first kappa shape index (κ1) is 21.3. The predicted octanol–water partition coefficient (Wildman–Crippen LogP) is 4.98. The molecule has 1 heterocycles. The highest BCUT2D eigenvalue weighted by molar-refractivity contribution is 5.95. The van der Waals surface area contributed by atoms with Gasteiger partial charge in [0.05, 0.1) is 5.41 Å². The number of benzene rings is 3. The van der Waals surface area contributed by atoms with Gasteiger partial charge in [-0.25, -0.2) is 0 Å². The summed E-state index contributed by atoms with van der Waals surface area (Å²) in [5.41, 5.74) is 5.49. The first-order chi connectivity index (χ1) is 16.0. The molecular formula is C28H27NO4. The molecule has 0 radical (unpaired) electrons. The van der Waals surface area contributed by atoms with Gasteiger partial charge in [-0.3, -0.25) is 9.59 Å². The number of carbonyl (C=O) groups is 2. The Labute approximate surface area is 193 Å². The average molecular weight is 442 g/mol. The molecule has 0 saturated heterocycles. The summed E-state index contributed by atoms with van der Waals surface area (Å²) in [6, 6.07) is 19.7. The van der Waals surface area contributed by atoms with Crippen molar-refractivity contribution in [3.05, 3.63) is 82.9 Å². The van der Waals surface area contributed by atoms with Crippen molar-refractivity contribution in [1.82, 2.24) is 5.32 Å². The highest BCUT2D eigenvalue weighted by Crippen LogP contribution is 2.51. The third-order valence-electron chi connectivity index (χ3n) is 6.67. The van der Waals surface area contributed by atoms with Gasteiger partial charge in [0.15, 0.2) is 11.5 Å². The van der Waals surface area contributed by atoms with E-state index in [0.29, 0.717) is 18.5 Å². The van der Waals surface area contributed by atoms with Crippen LogP contribution in [0.2, 0.25) is 0 Å². The van der Waals surface area contributed by atoms with Crippen LogP contribution in [0.4, 0.5) is 0 Å². The number of Topliss-reactive ketones (excluding diaryl/α,β-unsaturated/α-hetero) is 1. The van der Waals surface area contributed by atoms with E-state index in [2.05, 4.69) is 24.4 Å². The van der Waals surface area contributed by atoms with Crippen LogP contribution in [-0.2, 0) is 16.6 Å². The lowest BCUT2D eigenvalue weighted by molar-refractivity contribution is -0.120. The normalized spacial score (nSPS) is 15.2. The summed E-state index contributed by atoms with van der Waals surface area (Å²) >= 11 is 0. The third kappa shape index (κ3) is 3.99. The molecule has 1 amide bonds. The molecular weight excluding hydrogens is 414 g/mol. The zero-order chi connectivity index (χ0) is 23.0. The Bertz CT molecular complexity index is 1230. The lowest BCUT2D eigenvalue weighted by Crippen LogP contribution is -2.22. The standard InChI is InChI=1S/C28H27NO4/c1-3-29-27(31)21-8-6-20(7-9-21)23-14-19(5-4-18(23)2)15-26(30)28(12-13-28)22-10-11-24-25(16-22)33-17-32-24/h4-11,14,16H,3,12-13,15,17H2,1-2H3,(H,29,31). The number of hydrogen-bond donors (Lipinski definition) is 1. The number of rotatable bonds is 7. The number of amides is 1. The molecule has 1 aliphatic carbocycles. The van der Waals surface area contributed by atoms with Crippen molar-refractivity contribution in [2.75, 3.05) is 13.3 Å². The first-order valence-electron chi connectivity index (χ1n) is 11.4. The monoisotopic (exact) mass is 441 g/mol. The summed E-state index contributed by atoms with van der Waals surface area (Å²) in [4.78, 5) is 25.4. The number of hydrogen-bond acceptors (Lipinski definition) is 4. The SMILES string of the molecule is CCNC(=O)c1ccc(-c2cc(CC(=O)C3(c4ccc5c(c4)OCO5)CC3)ccc2C)cc1. The number of ether oxygens (including phenoxy) is 2. The fourth-order valence-electron chi connectivity index (χ4n) is 4.56. The summed E-state index contributed by atoms with van der Waals surface area (Å²) in [6.07, 6.45) is 2.12. The van der Waals surface area contributed by atoms with Crippen LogP contribution < -0.4 is 14.8 Å². The van der Waals surface area contributed by atoms with Crippen LogP contribution >= 0.6 is 0 Å².